The Hall–Kier alpha value is 0.170. The molecule has 1 saturated heterocycles. The Balaban J connectivity index is 1.57. The van der Waals surface area contributed by atoms with E-state index in [1.165, 1.54) is 44.9 Å². The first kappa shape index (κ1) is 15.6. The molecule has 1 N–H and O–H groups in total. The molecule has 0 aromatic rings. The molecule has 3 nitrogen and oxygen atoms in total. The Morgan fingerprint density at radius 1 is 1.32 bits per heavy atom. The molecule has 19 heavy (non-hydrogen) atoms. The highest BCUT2D eigenvalue weighted by atomic mass is 35.5. The number of alkyl halides is 1. The van der Waals surface area contributed by atoms with E-state index in [0.29, 0.717) is 12.7 Å². The predicted molar refractivity (Wildman–Crippen MR) is 78.9 cm³/mol. The van der Waals surface area contributed by atoms with E-state index >= 15 is 0 Å². The first-order valence-electron chi connectivity index (χ1n) is 7.76. The summed E-state index contributed by atoms with van der Waals surface area (Å²) in [5.41, 5.74) is 0.246. The summed E-state index contributed by atoms with van der Waals surface area (Å²) in [5, 5.41) is 3.59. The van der Waals surface area contributed by atoms with Crippen molar-refractivity contribution in [2.45, 2.75) is 68.4 Å². The molecule has 0 bridgehead atoms. The molecule has 0 aromatic carbocycles. The summed E-state index contributed by atoms with van der Waals surface area (Å²) >= 11 is 6.10. The lowest BCUT2D eigenvalue weighted by Gasteiger charge is -2.33. The van der Waals surface area contributed by atoms with Crippen LogP contribution in [-0.4, -0.2) is 43.9 Å². The predicted octanol–water partition coefficient (Wildman–Crippen LogP) is 3.10. The van der Waals surface area contributed by atoms with Gasteiger partial charge in [-0.2, -0.15) is 0 Å². The lowest BCUT2D eigenvalue weighted by atomic mass is 9.83. The molecule has 2 atom stereocenters. The van der Waals surface area contributed by atoms with E-state index in [0.717, 1.165) is 19.5 Å². The third kappa shape index (κ3) is 4.89. The Morgan fingerprint density at radius 3 is 2.84 bits per heavy atom. The van der Waals surface area contributed by atoms with Crippen molar-refractivity contribution in [3.05, 3.63) is 0 Å². The van der Waals surface area contributed by atoms with Gasteiger partial charge >= 0.3 is 0 Å². The van der Waals surface area contributed by atoms with Gasteiger partial charge in [0.15, 0.2) is 0 Å². The van der Waals surface area contributed by atoms with Gasteiger partial charge in [0, 0.05) is 13.7 Å². The van der Waals surface area contributed by atoms with Crippen LogP contribution in [0.4, 0.5) is 0 Å². The molecule has 1 aliphatic carbocycles. The second-order valence-corrected chi connectivity index (χ2v) is 6.68. The molecular weight excluding hydrogens is 262 g/mol. The normalized spacial score (nSPS) is 27.8. The lowest BCUT2D eigenvalue weighted by Crippen LogP contribution is -2.35. The van der Waals surface area contributed by atoms with Gasteiger partial charge in [-0.3, -0.25) is 0 Å². The fourth-order valence-corrected chi connectivity index (χ4v) is 3.62. The summed E-state index contributed by atoms with van der Waals surface area (Å²) in [7, 11) is 1.69. The average Bonchev–Trinajstić information content (AvgIpc) is 2.79. The van der Waals surface area contributed by atoms with Crippen molar-refractivity contribution >= 4 is 11.6 Å². The van der Waals surface area contributed by atoms with Gasteiger partial charge < -0.3 is 14.8 Å². The largest absolute Gasteiger partial charge is 0.383 e. The molecule has 1 spiro atoms. The number of ether oxygens (including phenoxy) is 2. The number of methoxy groups -OCH3 is 1. The van der Waals surface area contributed by atoms with E-state index in [1.807, 2.05) is 0 Å². The second kappa shape index (κ2) is 7.82. The average molecular weight is 290 g/mol. The highest BCUT2D eigenvalue weighted by Crippen LogP contribution is 2.41. The van der Waals surface area contributed by atoms with Crippen molar-refractivity contribution in [1.82, 2.24) is 5.32 Å². The first-order valence-corrected chi connectivity index (χ1v) is 8.19. The van der Waals surface area contributed by atoms with E-state index in [-0.39, 0.29) is 11.0 Å². The van der Waals surface area contributed by atoms with Gasteiger partial charge in [-0.1, -0.05) is 19.3 Å². The van der Waals surface area contributed by atoms with Crippen LogP contribution in [-0.2, 0) is 9.47 Å². The molecule has 1 saturated carbocycles. The molecule has 4 heteroatoms. The SMILES string of the molecule is COCC(Cl)CCNCC1CCC2(CCCCC2)O1. The van der Waals surface area contributed by atoms with Crippen LogP contribution in [0.5, 0.6) is 0 Å². The minimum atomic E-state index is 0.117. The molecular formula is C15H28ClNO2. The van der Waals surface area contributed by atoms with Crippen molar-refractivity contribution in [3.63, 3.8) is 0 Å². The van der Waals surface area contributed by atoms with Crippen molar-refractivity contribution in [2.75, 3.05) is 26.8 Å². The molecule has 0 radical (unpaired) electrons. The van der Waals surface area contributed by atoms with Gasteiger partial charge in [0.2, 0.25) is 0 Å². The third-order valence-corrected chi connectivity index (χ3v) is 4.80. The maximum absolute atomic E-state index is 6.32. The molecule has 0 amide bonds. The Bertz CT molecular complexity index is 257. The minimum Gasteiger partial charge on any atom is -0.383 e. The number of halogens is 1. The summed E-state index contributed by atoms with van der Waals surface area (Å²) in [6.07, 6.45) is 10.5. The number of hydrogen-bond acceptors (Lipinski definition) is 3. The summed E-state index contributed by atoms with van der Waals surface area (Å²) in [5.74, 6) is 0. The highest BCUT2D eigenvalue weighted by Gasteiger charge is 2.40. The van der Waals surface area contributed by atoms with Crippen molar-refractivity contribution in [3.8, 4) is 0 Å². The molecule has 0 aromatic heterocycles. The van der Waals surface area contributed by atoms with E-state index < -0.39 is 0 Å². The molecule has 2 rings (SSSR count). The van der Waals surface area contributed by atoms with E-state index in [9.17, 15) is 0 Å². The maximum atomic E-state index is 6.32. The fourth-order valence-electron chi connectivity index (χ4n) is 3.39. The smallest absolute Gasteiger partial charge is 0.0708 e. The zero-order valence-corrected chi connectivity index (χ0v) is 12.9. The number of rotatable bonds is 7. The molecule has 1 heterocycles. The van der Waals surface area contributed by atoms with Crippen molar-refractivity contribution in [2.24, 2.45) is 0 Å². The van der Waals surface area contributed by atoms with Gasteiger partial charge in [0.05, 0.1) is 23.7 Å². The van der Waals surface area contributed by atoms with Gasteiger partial charge in [0.1, 0.15) is 0 Å². The van der Waals surface area contributed by atoms with Crippen LogP contribution in [0, 0.1) is 0 Å². The van der Waals surface area contributed by atoms with Crippen molar-refractivity contribution < 1.29 is 9.47 Å². The maximum Gasteiger partial charge on any atom is 0.0708 e. The Morgan fingerprint density at radius 2 is 2.11 bits per heavy atom. The van der Waals surface area contributed by atoms with Crippen LogP contribution in [0.1, 0.15) is 51.4 Å². The lowest BCUT2D eigenvalue weighted by molar-refractivity contribution is -0.0623. The minimum absolute atomic E-state index is 0.117. The van der Waals surface area contributed by atoms with Gasteiger partial charge in [-0.25, -0.2) is 0 Å². The summed E-state index contributed by atoms with van der Waals surface area (Å²) in [6, 6.07) is 0. The molecule has 2 unspecified atom stereocenters. The zero-order valence-electron chi connectivity index (χ0n) is 12.1. The van der Waals surface area contributed by atoms with E-state index in [2.05, 4.69) is 5.32 Å². The quantitative estimate of drug-likeness (QED) is 0.577. The standard InChI is InChI=1S/C15H28ClNO2/c1-18-12-13(16)6-10-17-11-14-5-9-15(19-14)7-3-2-4-8-15/h13-14,17H,2-12H2,1H3. The second-order valence-electron chi connectivity index (χ2n) is 6.07. The molecule has 2 fully saturated rings. The van der Waals surface area contributed by atoms with Crippen LogP contribution < -0.4 is 5.32 Å². The van der Waals surface area contributed by atoms with Crippen LogP contribution >= 0.6 is 11.6 Å². The van der Waals surface area contributed by atoms with Gasteiger partial charge in [-0.05, 0) is 38.6 Å². The van der Waals surface area contributed by atoms with Crippen LogP contribution in [0.3, 0.4) is 0 Å². The number of hydrogen-bond donors (Lipinski definition) is 1. The molecule has 1 aliphatic heterocycles. The van der Waals surface area contributed by atoms with E-state index in [1.54, 1.807) is 7.11 Å². The number of nitrogens with one attached hydrogen (secondary N) is 1. The van der Waals surface area contributed by atoms with Crippen LogP contribution in [0.15, 0.2) is 0 Å². The first-order chi connectivity index (χ1) is 9.24. The van der Waals surface area contributed by atoms with E-state index in [4.69, 9.17) is 21.1 Å². The Kier molecular flexibility index (Phi) is 6.40. The van der Waals surface area contributed by atoms with Crippen LogP contribution in [0.25, 0.3) is 0 Å². The summed E-state index contributed by atoms with van der Waals surface area (Å²) in [6.45, 7) is 2.55. The third-order valence-electron chi connectivity index (χ3n) is 4.46. The van der Waals surface area contributed by atoms with Gasteiger partial charge in [0.25, 0.3) is 0 Å². The van der Waals surface area contributed by atoms with Gasteiger partial charge in [-0.15, -0.1) is 11.6 Å². The fraction of sp³-hybridized carbons (Fsp3) is 1.00. The summed E-state index contributed by atoms with van der Waals surface area (Å²) in [4.78, 5) is 0. The topological polar surface area (TPSA) is 30.5 Å². The molecule has 112 valence electrons. The van der Waals surface area contributed by atoms with Crippen molar-refractivity contribution in [1.29, 1.82) is 0 Å². The monoisotopic (exact) mass is 289 g/mol. The highest BCUT2D eigenvalue weighted by molar-refractivity contribution is 6.20. The zero-order chi connectivity index (χ0) is 13.6. The summed E-state index contributed by atoms with van der Waals surface area (Å²) < 4.78 is 11.3. The van der Waals surface area contributed by atoms with Crippen LogP contribution in [0.2, 0.25) is 0 Å². The molecule has 2 aliphatic rings. The Labute approximate surface area is 122 Å².